The van der Waals surface area contributed by atoms with Crippen molar-refractivity contribution in [2.45, 2.75) is 20.0 Å². The number of aromatic nitrogens is 2. The van der Waals surface area contributed by atoms with Gasteiger partial charge in [-0.05, 0) is 25.1 Å². The Labute approximate surface area is 117 Å². The molecular weight excluding hydrogens is 262 g/mol. The number of nitrogens with one attached hydrogen (secondary N) is 1. The first-order valence-corrected chi connectivity index (χ1v) is 6.39. The smallest absolute Gasteiger partial charge is 0.125 e. The monoisotopic (exact) mass is 277 g/mol. The number of halogens is 1. The first kappa shape index (κ1) is 13.8. The summed E-state index contributed by atoms with van der Waals surface area (Å²) in [5, 5.41) is 4.01. The fourth-order valence-corrected chi connectivity index (χ4v) is 2.05. The summed E-state index contributed by atoms with van der Waals surface area (Å²) in [5.74, 6) is 1.56. The first-order chi connectivity index (χ1) is 9.20. The minimum Gasteiger partial charge on any atom is -0.496 e. The van der Waals surface area contributed by atoms with Gasteiger partial charge in [0.1, 0.15) is 11.6 Å². The molecule has 0 atom stereocenters. The second kappa shape index (κ2) is 6.50. The average Bonchev–Trinajstić information content (AvgIpc) is 2.40. The predicted octanol–water partition coefficient (Wildman–Crippen LogP) is 2.74. The van der Waals surface area contributed by atoms with Gasteiger partial charge < -0.3 is 10.1 Å². The van der Waals surface area contributed by atoms with E-state index >= 15 is 0 Å². The van der Waals surface area contributed by atoms with E-state index < -0.39 is 0 Å². The lowest BCUT2D eigenvalue weighted by Crippen LogP contribution is -2.15. The maximum atomic E-state index is 6.17. The van der Waals surface area contributed by atoms with Gasteiger partial charge in [0.15, 0.2) is 0 Å². The fraction of sp³-hybridized carbons (Fsp3) is 0.286. The minimum atomic E-state index is 0.631. The number of methoxy groups -OCH3 is 1. The number of nitrogens with zero attached hydrogens (tertiary/aromatic N) is 2. The zero-order chi connectivity index (χ0) is 13.7. The third kappa shape index (κ3) is 3.66. The Morgan fingerprint density at radius 2 is 2.11 bits per heavy atom. The molecule has 1 aromatic carbocycles. The molecule has 0 aliphatic heterocycles. The zero-order valence-electron chi connectivity index (χ0n) is 11.0. The van der Waals surface area contributed by atoms with Crippen LogP contribution in [0.2, 0.25) is 5.02 Å². The SMILES string of the molecule is COc1cccc(Cl)c1CNCc1ccnc(C)n1. The van der Waals surface area contributed by atoms with Crippen LogP contribution in [0.4, 0.5) is 0 Å². The summed E-state index contributed by atoms with van der Waals surface area (Å²) in [7, 11) is 1.64. The Balaban J connectivity index is 2.00. The summed E-state index contributed by atoms with van der Waals surface area (Å²) in [4.78, 5) is 8.40. The molecule has 0 saturated heterocycles. The van der Waals surface area contributed by atoms with Crippen LogP contribution in [0.1, 0.15) is 17.1 Å². The van der Waals surface area contributed by atoms with Crippen LogP contribution in [0.15, 0.2) is 30.5 Å². The van der Waals surface area contributed by atoms with Gasteiger partial charge in [0.2, 0.25) is 0 Å². The molecule has 0 aliphatic rings. The second-order valence-electron chi connectivity index (χ2n) is 4.12. The van der Waals surface area contributed by atoms with Gasteiger partial charge >= 0.3 is 0 Å². The fourth-order valence-electron chi connectivity index (χ4n) is 1.82. The van der Waals surface area contributed by atoms with Gasteiger partial charge in [0.05, 0.1) is 12.8 Å². The lowest BCUT2D eigenvalue weighted by molar-refractivity contribution is 0.407. The Hall–Kier alpha value is -1.65. The van der Waals surface area contributed by atoms with Crippen LogP contribution in [0.3, 0.4) is 0 Å². The van der Waals surface area contributed by atoms with E-state index in [1.54, 1.807) is 13.3 Å². The van der Waals surface area contributed by atoms with E-state index in [1.807, 2.05) is 31.2 Å². The molecule has 100 valence electrons. The van der Waals surface area contributed by atoms with Crippen molar-refractivity contribution in [3.63, 3.8) is 0 Å². The Bertz CT molecular complexity index is 560. The molecular formula is C14H16ClN3O. The van der Waals surface area contributed by atoms with E-state index in [2.05, 4.69) is 15.3 Å². The highest BCUT2D eigenvalue weighted by molar-refractivity contribution is 6.31. The van der Waals surface area contributed by atoms with Crippen LogP contribution in [0.5, 0.6) is 5.75 Å². The number of benzene rings is 1. The summed E-state index contributed by atoms with van der Waals surface area (Å²) in [6.45, 7) is 3.17. The number of ether oxygens (including phenoxy) is 1. The van der Waals surface area contributed by atoms with E-state index in [-0.39, 0.29) is 0 Å². The topological polar surface area (TPSA) is 47.0 Å². The van der Waals surface area contributed by atoms with Crippen molar-refractivity contribution in [1.29, 1.82) is 0 Å². The van der Waals surface area contributed by atoms with Crippen molar-refractivity contribution in [1.82, 2.24) is 15.3 Å². The van der Waals surface area contributed by atoms with Crippen LogP contribution in [0, 0.1) is 6.92 Å². The molecule has 5 heteroatoms. The van der Waals surface area contributed by atoms with Crippen LogP contribution in [-0.2, 0) is 13.1 Å². The van der Waals surface area contributed by atoms with Crippen molar-refractivity contribution >= 4 is 11.6 Å². The molecule has 0 bridgehead atoms. The minimum absolute atomic E-state index is 0.631. The summed E-state index contributed by atoms with van der Waals surface area (Å²) >= 11 is 6.17. The predicted molar refractivity (Wildman–Crippen MR) is 75.3 cm³/mol. The molecule has 4 nitrogen and oxygen atoms in total. The molecule has 0 fully saturated rings. The number of rotatable bonds is 5. The second-order valence-corrected chi connectivity index (χ2v) is 4.53. The molecule has 0 unspecified atom stereocenters. The highest BCUT2D eigenvalue weighted by Crippen LogP contribution is 2.25. The molecule has 0 spiro atoms. The normalized spacial score (nSPS) is 10.5. The van der Waals surface area contributed by atoms with Crippen molar-refractivity contribution in [2.75, 3.05) is 7.11 Å². The molecule has 1 aromatic heterocycles. The van der Waals surface area contributed by atoms with Gasteiger partial charge in [0.25, 0.3) is 0 Å². The first-order valence-electron chi connectivity index (χ1n) is 6.01. The van der Waals surface area contributed by atoms with Gasteiger partial charge in [-0.3, -0.25) is 0 Å². The summed E-state index contributed by atoms with van der Waals surface area (Å²) in [5.41, 5.74) is 1.91. The summed E-state index contributed by atoms with van der Waals surface area (Å²) in [6, 6.07) is 7.52. The molecule has 0 radical (unpaired) electrons. The summed E-state index contributed by atoms with van der Waals surface area (Å²) < 4.78 is 5.30. The van der Waals surface area contributed by atoms with Crippen molar-refractivity contribution < 1.29 is 4.74 Å². The van der Waals surface area contributed by atoms with Gasteiger partial charge in [-0.15, -0.1) is 0 Å². The van der Waals surface area contributed by atoms with Crippen LogP contribution in [-0.4, -0.2) is 17.1 Å². The van der Waals surface area contributed by atoms with Gasteiger partial charge in [-0.1, -0.05) is 17.7 Å². The van der Waals surface area contributed by atoms with Gasteiger partial charge in [-0.25, -0.2) is 9.97 Å². The number of hydrogen-bond acceptors (Lipinski definition) is 4. The molecule has 0 saturated carbocycles. The molecule has 2 aromatic rings. The maximum absolute atomic E-state index is 6.17. The van der Waals surface area contributed by atoms with E-state index in [1.165, 1.54) is 0 Å². The molecule has 0 amide bonds. The molecule has 0 aliphatic carbocycles. The Morgan fingerprint density at radius 3 is 2.84 bits per heavy atom. The van der Waals surface area contributed by atoms with E-state index in [0.29, 0.717) is 18.1 Å². The molecule has 19 heavy (non-hydrogen) atoms. The number of hydrogen-bond donors (Lipinski definition) is 1. The van der Waals surface area contributed by atoms with E-state index in [4.69, 9.17) is 16.3 Å². The average molecular weight is 278 g/mol. The molecule has 2 rings (SSSR count). The Morgan fingerprint density at radius 1 is 1.26 bits per heavy atom. The van der Waals surface area contributed by atoms with Gasteiger partial charge in [-0.2, -0.15) is 0 Å². The van der Waals surface area contributed by atoms with Crippen molar-refractivity contribution in [2.24, 2.45) is 0 Å². The van der Waals surface area contributed by atoms with Gasteiger partial charge in [0, 0.05) is 29.9 Å². The standard InChI is InChI=1S/C14H16ClN3O/c1-10-17-7-6-11(18-10)8-16-9-12-13(15)4-3-5-14(12)19-2/h3-7,16H,8-9H2,1-2H3. The lowest BCUT2D eigenvalue weighted by Gasteiger charge is -2.11. The molecule has 1 N–H and O–H groups in total. The Kier molecular flexibility index (Phi) is 4.71. The van der Waals surface area contributed by atoms with Crippen molar-refractivity contribution in [3.8, 4) is 5.75 Å². The van der Waals surface area contributed by atoms with Crippen LogP contribution >= 0.6 is 11.6 Å². The third-order valence-corrected chi connectivity index (χ3v) is 3.09. The maximum Gasteiger partial charge on any atom is 0.125 e. The molecule has 1 heterocycles. The largest absolute Gasteiger partial charge is 0.496 e. The van der Waals surface area contributed by atoms with E-state index in [0.717, 1.165) is 22.8 Å². The third-order valence-electron chi connectivity index (χ3n) is 2.74. The van der Waals surface area contributed by atoms with Crippen molar-refractivity contribution in [3.05, 3.63) is 52.6 Å². The highest BCUT2D eigenvalue weighted by atomic mass is 35.5. The highest BCUT2D eigenvalue weighted by Gasteiger charge is 2.07. The van der Waals surface area contributed by atoms with E-state index in [9.17, 15) is 0 Å². The number of aryl methyl sites for hydroxylation is 1. The van der Waals surface area contributed by atoms with Crippen LogP contribution in [0.25, 0.3) is 0 Å². The van der Waals surface area contributed by atoms with Crippen LogP contribution < -0.4 is 10.1 Å². The quantitative estimate of drug-likeness (QED) is 0.913. The lowest BCUT2D eigenvalue weighted by atomic mass is 10.2. The zero-order valence-corrected chi connectivity index (χ0v) is 11.7. The summed E-state index contributed by atoms with van der Waals surface area (Å²) in [6.07, 6.45) is 1.76.